The molecule has 0 bridgehead atoms. The Bertz CT molecular complexity index is 518. The van der Waals surface area contributed by atoms with E-state index in [4.69, 9.17) is 10.5 Å². The first-order valence-electron chi connectivity index (χ1n) is 6.97. The number of ether oxygens (including phenoxy) is 1. The average molecular weight is 294 g/mol. The van der Waals surface area contributed by atoms with Crippen LogP contribution in [0.4, 0.5) is 4.39 Å². The number of primary amides is 1. The van der Waals surface area contributed by atoms with Gasteiger partial charge < -0.3 is 15.4 Å². The monoisotopic (exact) mass is 294 g/mol. The van der Waals surface area contributed by atoms with Crippen molar-refractivity contribution in [1.29, 1.82) is 0 Å². The molecule has 1 heterocycles. The van der Waals surface area contributed by atoms with E-state index in [1.807, 2.05) is 0 Å². The Hall–Kier alpha value is -2.11. The number of nitrogens with two attached hydrogens (primary N) is 1. The highest BCUT2D eigenvalue weighted by molar-refractivity contribution is 5.83. The minimum atomic E-state index is -0.693. The summed E-state index contributed by atoms with van der Waals surface area (Å²) in [6.07, 6.45) is 0.775. The topological polar surface area (TPSA) is 72.6 Å². The highest BCUT2D eigenvalue weighted by Gasteiger charge is 2.30. The maximum Gasteiger partial charge on any atom is 0.263 e. The zero-order valence-electron chi connectivity index (χ0n) is 11.9. The molecule has 0 spiro atoms. The van der Waals surface area contributed by atoms with Gasteiger partial charge in [-0.1, -0.05) is 0 Å². The number of amides is 2. The molecule has 1 aromatic rings. The zero-order chi connectivity index (χ0) is 15.4. The van der Waals surface area contributed by atoms with Crippen molar-refractivity contribution >= 4 is 11.8 Å². The fourth-order valence-corrected chi connectivity index (χ4v) is 2.43. The van der Waals surface area contributed by atoms with Crippen LogP contribution in [0.3, 0.4) is 0 Å². The van der Waals surface area contributed by atoms with Gasteiger partial charge in [0.05, 0.1) is 5.92 Å². The molecular weight excluding hydrogens is 275 g/mol. The lowest BCUT2D eigenvalue weighted by molar-refractivity contribution is -0.141. The fourth-order valence-electron chi connectivity index (χ4n) is 2.43. The quantitative estimate of drug-likeness (QED) is 0.910. The number of likely N-dealkylation sites (tertiary alicyclic amines) is 1. The van der Waals surface area contributed by atoms with E-state index in [0.717, 1.165) is 6.42 Å². The van der Waals surface area contributed by atoms with Gasteiger partial charge in [-0.25, -0.2) is 4.39 Å². The largest absolute Gasteiger partial charge is 0.481 e. The molecule has 1 aliphatic heterocycles. The number of piperidine rings is 1. The van der Waals surface area contributed by atoms with E-state index >= 15 is 0 Å². The molecule has 1 aromatic carbocycles. The van der Waals surface area contributed by atoms with E-state index in [0.29, 0.717) is 25.3 Å². The minimum Gasteiger partial charge on any atom is -0.481 e. The Labute approximate surface area is 122 Å². The SMILES string of the molecule is C[C@@H](Oc1ccc(F)cc1)C(=O)N1CCC[C@H](C(N)=O)C1. The van der Waals surface area contributed by atoms with Crippen LogP contribution in [0.5, 0.6) is 5.75 Å². The van der Waals surface area contributed by atoms with Gasteiger partial charge in [0.2, 0.25) is 5.91 Å². The summed E-state index contributed by atoms with van der Waals surface area (Å²) in [7, 11) is 0. The Balaban J connectivity index is 1.95. The van der Waals surface area contributed by atoms with Gasteiger partial charge in [0.15, 0.2) is 6.10 Å². The van der Waals surface area contributed by atoms with E-state index in [2.05, 4.69) is 0 Å². The summed E-state index contributed by atoms with van der Waals surface area (Å²) < 4.78 is 18.3. The summed E-state index contributed by atoms with van der Waals surface area (Å²) in [5.74, 6) is -0.784. The summed E-state index contributed by atoms with van der Waals surface area (Å²) in [6, 6.07) is 5.50. The third kappa shape index (κ3) is 3.93. The van der Waals surface area contributed by atoms with Gasteiger partial charge in [-0.3, -0.25) is 9.59 Å². The van der Waals surface area contributed by atoms with E-state index < -0.39 is 6.10 Å². The molecule has 21 heavy (non-hydrogen) atoms. The smallest absolute Gasteiger partial charge is 0.263 e. The van der Waals surface area contributed by atoms with Crippen LogP contribution in [0.2, 0.25) is 0 Å². The highest BCUT2D eigenvalue weighted by atomic mass is 19.1. The third-order valence-corrected chi connectivity index (χ3v) is 3.61. The van der Waals surface area contributed by atoms with Gasteiger partial charge in [0, 0.05) is 13.1 Å². The number of carbonyl (C=O) groups is 2. The second-order valence-corrected chi connectivity index (χ2v) is 5.24. The summed E-state index contributed by atoms with van der Waals surface area (Å²) in [6.45, 7) is 2.57. The Morgan fingerprint density at radius 1 is 1.38 bits per heavy atom. The number of benzene rings is 1. The predicted molar refractivity (Wildman–Crippen MR) is 75.0 cm³/mol. The van der Waals surface area contributed by atoms with Crippen LogP contribution in [0.1, 0.15) is 19.8 Å². The summed E-state index contributed by atoms with van der Waals surface area (Å²) in [5, 5.41) is 0. The summed E-state index contributed by atoms with van der Waals surface area (Å²) >= 11 is 0. The molecule has 0 aromatic heterocycles. The van der Waals surface area contributed by atoms with Gasteiger partial charge in [-0.05, 0) is 44.0 Å². The van der Waals surface area contributed by atoms with Gasteiger partial charge in [-0.2, -0.15) is 0 Å². The molecule has 6 heteroatoms. The lowest BCUT2D eigenvalue weighted by Gasteiger charge is -2.32. The van der Waals surface area contributed by atoms with Crippen LogP contribution in [-0.4, -0.2) is 35.9 Å². The fraction of sp³-hybridized carbons (Fsp3) is 0.467. The maximum atomic E-state index is 12.8. The maximum absolute atomic E-state index is 12.8. The molecular formula is C15H19FN2O3. The van der Waals surface area contributed by atoms with Gasteiger partial charge in [0.25, 0.3) is 5.91 Å². The third-order valence-electron chi connectivity index (χ3n) is 3.61. The van der Waals surface area contributed by atoms with Crippen LogP contribution in [0, 0.1) is 11.7 Å². The molecule has 2 N–H and O–H groups in total. The van der Waals surface area contributed by atoms with Crippen LogP contribution < -0.4 is 10.5 Å². The first-order valence-corrected chi connectivity index (χ1v) is 6.97. The van der Waals surface area contributed by atoms with E-state index in [-0.39, 0.29) is 23.5 Å². The lowest BCUT2D eigenvalue weighted by atomic mass is 9.97. The normalized spacial score (nSPS) is 19.9. The van der Waals surface area contributed by atoms with Crippen molar-refractivity contribution in [2.45, 2.75) is 25.9 Å². The van der Waals surface area contributed by atoms with E-state index in [1.165, 1.54) is 24.3 Å². The second-order valence-electron chi connectivity index (χ2n) is 5.24. The van der Waals surface area contributed by atoms with Crippen LogP contribution in [-0.2, 0) is 9.59 Å². The van der Waals surface area contributed by atoms with Crippen LogP contribution in [0.25, 0.3) is 0 Å². The number of hydrogen-bond donors (Lipinski definition) is 1. The highest BCUT2D eigenvalue weighted by Crippen LogP contribution is 2.19. The van der Waals surface area contributed by atoms with Crippen molar-refractivity contribution in [3.63, 3.8) is 0 Å². The molecule has 5 nitrogen and oxygen atoms in total. The molecule has 0 unspecified atom stereocenters. The Kier molecular flexibility index (Phi) is 4.77. The molecule has 1 fully saturated rings. The van der Waals surface area contributed by atoms with E-state index in [1.54, 1.807) is 11.8 Å². The number of nitrogens with zero attached hydrogens (tertiary/aromatic N) is 1. The van der Waals surface area contributed by atoms with E-state index in [9.17, 15) is 14.0 Å². The molecule has 114 valence electrons. The standard InChI is InChI=1S/C15H19FN2O3/c1-10(21-13-6-4-12(16)5-7-13)15(20)18-8-2-3-11(9-18)14(17)19/h4-7,10-11H,2-3,8-9H2,1H3,(H2,17,19)/t10-,11+/m1/s1. The first kappa shape index (κ1) is 15.3. The number of hydrogen-bond acceptors (Lipinski definition) is 3. The van der Waals surface area contributed by atoms with Gasteiger partial charge in [0.1, 0.15) is 11.6 Å². The molecule has 0 aliphatic carbocycles. The number of rotatable bonds is 4. The van der Waals surface area contributed by atoms with Crippen molar-refractivity contribution < 1.29 is 18.7 Å². The molecule has 0 radical (unpaired) electrons. The molecule has 0 saturated carbocycles. The lowest BCUT2D eigenvalue weighted by Crippen LogP contribution is -2.48. The summed E-state index contributed by atoms with van der Waals surface area (Å²) in [5.41, 5.74) is 5.30. The van der Waals surface area contributed by atoms with Crippen molar-refractivity contribution in [3.05, 3.63) is 30.1 Å². The van der Waals surface area contributed by atoms with Crippen LogP contribution >= 0.6 is 0 Å². The Morgan fingerprint density at radius 2 is 2.05 bits per heavy atom. The van der Waals surface area contributed by atoms with Crippen molar-refractivity contribution in [1.82, 2.24) is 4.90 Å². The average Bonchev–Trinajstić information content (AvgIpc) is 2.49. The van der Waals surface area contributed by atoms with Crippen molar-refractivity contribution in [3.8, 4) is 5.75 Å². The summed E-state index contributed by atoms with van der Waals surface area (Å²) in [4.78, 5) is 25.1. The molecule has 2 amide bonds. The van der Waals surface area contributed by atoms with Crippen molar-refractivity contribution in [2.24, 2.45) is 11.7 Å². The number of carbonyl (C=O) groups excluding carboxylic acids is 2. The number of halogens is 1. The Morgan fingerprint density at radius 3 is 2.67 bits per heavy atom. The molecule has 2 rings (SSSR count). The van der Waals surface area contributed by atoms with Crippen molar-refractivity contribution in [2.75, 3.05) is 13.1 Å². The predicted octanol–water partition coefficient (Wildman–Crippen LogP) is 1.32. The molecule has 1 aliphatic rings. The second kappa shape index (κ2) is 6.56. The first-order chi connectivity index (χ1) is 9.97. The van der Waals surface area contributed by atoms with Gasteiger partial charge in [-0.15, -0.1) is 0 Å². The zero-order valence-corrected chi connectivity index (χ0v) is 11.9. The molecule has 1 saturated heterocycles. The minimum absolute atomic E-state index is 0.190. The van der Waals surface area contributed by atoms with Gasteiger partial charge >= 0.3 is 0 Å². The van der Waals surface area contributed by atoms with Crippen LogP contribution in [0.15, 0.2) is 24.3 Å². The molecule has 2 atom stereocenters.